The van der Waals surface area contributed by atoms with Crippen molar-refractivity contribution in [3.8, 4) is 6.07 Å². The van der Waals surface area contributed by atoms with Gasteiger partial charge in [0, 0.05) is 11.8 Å². The molecule has 1 rings (SSSR count). The number of hydrogen-bond donors (Lipinski definition) is 0. The molecule has 1 aromatic rings. The molecule has 0 aliphatic rings. The molecule has 0 spiro atoms. The average molecular weight is 326 g/mol. The summed E-state index contributed by atoms with van der Waals surface area (Å²) in [5.74, 6) is 0. The van der Waals surface area contributed by atoms with Gasteiger partial charge in [0.2, 0.25) is 0 Å². The molecule has 0 amide bonds. The van der Waals surface area contributed by atoms with E-state index in [9.17, 15) is 8.78 Å². The Labute approximate surface area is 96.2 Å². The van der Waals surface area contributed by atoms with E-state index in [0.29, 0.717) is 4.60 Å². The minimum absolute atomic E-state index is 0.0709. The lowest BCUT2D eigenvalue weighted by Gasteiger charge is -2.08. The molecule has 0 N–H and O–H groups in total. The second-order valence-corrected chi connectivity index (χ2v) is 3.98. The first-order valence-electron chi connectivity index (χ1n) is 3.55. The smallest absolute Gasteiger partial charge is 0.248 e. The zero-order chi connectivity index (χ0) is 10.7. The normalized spacial score (nSPS) is 10.3. The van der Waals surface area contributed by atoms with Crippen molar-refractivity contribution in [2.75, 3.05) is 0 Å². The number of alkyl halides is 2. The summed E-state index contributed by atoms with van der Waals surface area (Å²) < 4.78 is 25.7. The number of aromatic nitrogens is 1. The van der Waals surface area contributed by atoms with E-state index in [1.165, 1.54) is 6.20 Å². The van der Waals surface area contributed by atoms with Gasteiger partial charge in [-0.15, -0.1) is 0 Å². The topological polar surface area (TPSA) is 36.7 Å². The second kappa shape index (κ2) is 4.80. The molecule has 0 saturated heterocycles. The lowest BCUT2D eigenvalue weighted by molar-refractivity contribution is 0.149. The number of halogens is 4. The molecule has 1 heterocycles. The van der Waals surface area contributed by atoms with Crippen molar-refractivity contribution in [1.29, 1.82) is 5.26 Å². The number of nitriles is 1. The first-order valence-corrected chi connectivity index (χ1v) is 5.14. The van der Waals surface area contributed by atoms with Crippen molar-refractivity contribution in [3.05, 3.63) is 26.4 Å². The SMILES string of the molecule is N#CCc1cnc(Br)c(Br)c1C(F)F. The van der Waals surface area contributed by atoms with E-state index in [0.717, 1.165) is 0 Å². The number of hydrogen-bond acceptors (Lipinski definition) is 2. The van der Waals surface area contributed by atoms with Gasteiger partial charge >= 0.3 is 0 Å². The van der Waals surface area contributed by atoms with Crippen LogP contribution in [0.25, 0.3) is 0 Å². The summed E-state index contributed by atoms with van der Waals surface area (Å²) in [6, 6.07) is 1.82. The van der Waals surface area contributed by atoms with E-state index >= 15 is 0 Å². The van der Waals surface area contributed by atoms with Crippen molar-refractivity contribution in [1.82, 2.24) is 4.98 Å². The summed E-state index contributed by atoms with van der Waals surface area (Å²) in [6.07, 6.45) is -1.41. The fourth-order valence-corrected chi connectivity index (χ4v) is 1.82. The summed E-state index contributed by atoms with van der Waals surface area (Å²) in [5.41, 5.74) is 0.0750. The van der Waals surface area contributed by atoms with Crippen LogP contribution in [-0.4, -0.2) is 4.98 Å². The van der Waals surface area contributed by atoms with Crippen LogP contribution in [-0.2, 0) is 6.42 Å². The summed E-state index contributed by atoms with van der Waals surface area (Å²) in [7, 11) is 0. The Hall–Kier alpha value is -0.540. The minimum atomic E-state index is -2.62. The van der Waals surface area contributed by atoms with Gasteiger partial charge in [-0.25, -0.2) is 13.8 Å². The quantitative estimate of drug-likeness (QED) is 0.779. The van der Waals surface area contributed by atoms with Gasteiger partial charge in [-0.2, -0.15) is 5.26 Å². The molecule has 6 heteroatoms. The Balaban J connectivity index is 3.31. The molecule has 0 saturated carbocycles. The third-order valence-corrected chi connectivity index (χ3v) is 3.52. The summed E-state index contributed by atoms with van der Waals surface area (Å²) in [6.45, 7) is 0. The second-order valence-electron chi connectivity index (χ2n) is 2.44. The largest absolute Gasteiger partial charge is 0.265 e. The third kappa shape index (κ3) is 2.28. The molecule has 0 fully saturated rings. The zero-order valence-electron chi connectivity index (χ0n) is 6.77. The van der Waals surface area contributed by atoms with E-state index in [2.05, 4.69) is 36.8 Å². The Morgan fingerprint density at radius 2 is 2.14 bits per heavy atom. The molecule has 0 aliphatic heterocycles. The summed E-state index contributed by atoms with van der Waals surface area (Å²) >= 11 is 6.03. The van der Waals surface area contributed by atoms with Gasteiger partial charge in [0.25, 0.3) is 6.43 Å². The molecule has 0 unspecified atom stereocenters. The standard InChI is InChI=1S/C8H4Br2F2N2/c9-6-5(8(11)12)4(1-2-13)3-14-7(6)10/h3,8H,1H2. The van der Waals surface area contributed by atoms with Gasteiger partial charge < -0.3 is 0 Å². The number of nitrogens with zero attached hydrogens (tertiary/aromatic N) is 2. The van der Waals surface area contributed by atoms with Gasteiger partial charge in [0.1, 0.15) is 4.60 Å². The summed E-state index contributed by atoms with van der Waals surface area (Å²) in [5, 5.41) is 8.44. The van der Waals surface area contributed by atoms with Crippen molar-refractivity contribution in [2.24, 2.45) is 0 Å². The van der Waals surface area contributed by atoms with E-state index in [-0.39, 0.29) is 22.0 Å². The van der Waals surface area contributed by atoms with E-state index in [1.54, 1.807) is 0 Å². The predicted octanol–water partition coefficient (Wildman–Crippen LogP) is 3.61. The Morgan fingerprint density at radius 3 is 2.64 bits per heavy atom. The van der Waals surface area contributed by atoms with Crippen LogP contribution in [0.15, 0.2) is 15.3 Å². The molecule has 2 nitrogen and oxygen atoms in total. The number of pyridine rings is 1. The van der Waals surface area contributed by atoms with Crippen LogP contribution < -0.4 is 0 Å². The van der Waals surface area contributed by atoms with Crippen LogP contribution in [0.3, 0.4) is 0 Å². The van der Waals surface area contributed by atoms with E-state index < -0.39 is 6.43 Å². The average Bonchev–Trinajstić information content (AvgIpc) is 2.11. The molecule has 74 valence electrons. The highest BCUT2D eigenvalue weighted by Crippen LogP contribution is 2.34. The van der Waals surface area contributed by atoms with Crippen LogP contribution in [0.4, 0.5) is 8.78 Å². The lowest BCUT2D eigenvalue weighted by Crippen LogP contribution is -1.98. The molecule has 0 bridgehead atoms. The molecule has 14 heavy (non-hydrogen) atoms. The maximum absolute atomic E-state index is 12.6. The van der Waals surface area contributed by atoms with Gasteiger partial charge in [-0.1, -0.05) is 0 Å². The van der Waals surface area contributed by atoms with Crippen molar-refractivity contribution < 1.29 is 8.78 Å². The van der Waals surface area contributed by atoms with Crippen LogP contribution in [0.5, 0.6) is 0 Å². The number of rotatable bonds is 2. The molecular formula is C8H4Br2F2N2. The Morgan fingerprint density at radius 1 is 1.50 bits per heavy atom. The molecule has 0 radical (unpaired) electrons. The summed E-state index contributed by atoms with van der Waals surface area (Å²) in [4.78, 5) is 3.83. The van der Waals surface area contributed by atoms with Crippen molar-refractivity contribution in [3.63, 3.8) is 0 Å². The molecule has 1 aromatic heterocycles. The van der Waals surface area contributed by atoms with Crippen molar-refractivity contribution in [2.45, 2.75) is 12.8 Å². The lowest BCUT2D eigenvalue weighted by atomic mass is 10.1. The van der Waals surface area contributed by atoms with Crippen molar-refractivity contribution >= 4 is 31.9 Å². The fourth-order valence-electron chi connectivity index (χ4n) is 0.975. The van der Waals surface area contributed by atoms with Gasteiger partial charge in [-0.05, 0) is 37.4 Å². The van der Waals surface area contributed by atoms with Crippen LogP contribution in [0, 0.1) is 11.3 Å². The molecule has 0 aliphatic carbocycles. The first kappa shape index (κ1) is 11.5. The molecule has 0 aromatic carbocycles. The fraction of sp³-hybridized carbons (Fsp3) is 0.250. The zero-order valence-corrected chi connectivity index (χ0v) is 9.94. The highest BCUT2D eigenvalue weighted by atomic mass is 79.9. The monoisotopic (exact) mass is 324 g/mol. The van der Waals surface area contributed by atoms with Crippen LogP contribution >= 0.6 is 31.9 Å². The van der Waals surface area contributed by atoms with Crippen LogP contribution in [0.2, 0.25) is 0 Å². The van der Waals surface area contributed by atoms with E-state index in [4.69, 9.17) is 5.26 Å². The Bertz CT molecular complexity index is 388. The predicted molar refractivity (Wildman–Crippen MR) is 53.9 cm³/mol. The molecule has 0 atom stereocenters. The van der Waals surface area contributed by atoms with Crippen LogP contribution in [0.1, 0.15) is 17.6 Å². The van der Waals surface area contributed by atoms with Gasteiger partial charge in [-0.3, -0.25) is 0 Å². The maximum atomic E-state index is 12.6. The highest BCUT2D eigenvalue weighted by molar-refractivity contribution is 9.13. The molecular weight excluding hydrogens is 322 g/mol. The Kier molecular flexibility index (Phi) is 3.96. The minimum Gasteiger partial charge on any atom is -0.248 e. The third-order valence-electron chi connectivity index (χ3n) is 1.58. The maximum Gasteiger partial charge on any atom is 0.265 e. The highest BCUT2D eigenvalue weighted by Gasteiger charge is 2.19. The first-order chi connectivity index (χ1) is 6.57. The van der Waals surface area contributed by atoms with E-state index in [1.807, 2.05) is 6.07 Å². The van der Waals surface area contributed by atoms with Gasteiger partial charge in [0.05, 0.1) is 17.0 Å². The van der Waals surface area contributed by atoms with Gasteiger partial charge in [0.15, 0.2) is 0 Å².